The predicted molar refractivity (Wildman–Crippen MR) is 80.6 cm³/mol. The first kappa shape index (κ1) is 14.4. The highest BCUT2D eigenvalue weighted by atomic mass is 35.5. The predicted octanol–water partition coefficient (Wildman–Crippen LogP) is 3.17. The molecule has 0 spiro atoms. The van der Waals surface area contributed by atoms with Gasteiger partial charge >= 0.3 is 0 Å². The quantitative estimate of drug-likeness (QED) is 0.939. The molecule has 2 heterocycles. The Morgan fingerprint density at radius 3 is 2.95 bits per heavy atom. The molecular weight excluding hydrogens is 260 g/mol. The Bertz CT molecular complexity index is 526. The van der Waals surface area contributed by atoms with Crippen molar-refractivity contribution in [2.75, 3.05) is 13.1 Å². The van der Waals surface area contributed by atoms with Crippen LogP contribution in [0.3, 0.4) is 0 Å². The molecule has 4 heteroatoms. The van der Waals surface area contributed by atoms with Crippen LogP contribution < -0.4 is 5.73 Å². The van der Waals surface area contributed by atoms with Crippen LogP contribution in [0, 0.1) is 0 Å². The molecule has 1 atom stereocenters. The molecule has 1 aliphatic heterocycles. The number of benzene rings is 1. The first-order valence-electron chi connectivity index (χ1n) is 6.77. The standard InChI is InChI=1S/C15H20N2O.ClH/c16-9-13-5-3-4-8-17(13)10-12-11-18-15-7-2-1-6-14(12)15;/h1-2,6-7,11,13H,3-5,8-10,16H2;1H. The van der Waals surface area contributed by atoms with Gasteiger partial charge in [-0.15, -0.1) is 12.4 Å². The Labute approximate surface area is 120 Å². The molecule has 2 N–H and O–H groups in total. The van der Waals surface area contributed by atoms with Crippen molar-refractivity contribution in [2.24, 2.45) is 5.73 Å². The maximum absolute atomic E-state index is 5.87. The number of halogens is 1. The van der Waals surface area contributed by atoms with Crippen LogP contribution in [0.1, 0.15) is 24.8 Å². The first-order valence-corrected chi connectivity index (χ1v) is 6.77. The number of fused-ring (bicyclic) bond motifs is 1. The van der Waals surface area contributed by atoms with Crippen molar-refractivity contribution in [1.29, 1.82) is 0 Å². The molecule has 1 aliphatic rings. The average molecular weight is 281 g/mol. The summed E-state index contributed by atoms with van der Waals surface area (Å²) in [7, 11) is 0. The zero-order valence-electron chi connectivity index (χ0n) is 11.0. The molecule has 0 aliphatic carbocycles. The summed E-state index contributed by atoms with van der Waals surface area (Å²) < 4.78 is 5.60. The van der Waals surface area contributed by atoms with Crippen LogP contribution in [0.25, 0.3) is 11.0 Å². The summed E-state index contributed by atoms with van der Waals surface area (Å²) in [6, 6.07) is 8.77. The van der Waals surface area contributed by atoms with Gasteiger partial charge in [0.2, 0.25) is 0 Å². The minimum atomic E-state index is 0. The summed E-state index contributed by atoms with van der Waals surface area (Å²) >= 11 is 0. The highest BCUT2D eigenvalue weighted by Gasteiger charge is 2.22. The van der Waals surface area contributed by atoms with Gasteiger partial charge in [0.25, 0.3) is 0 Å². The van der Waals surface area contributed by atoms with E-state index in [1.54, 1.807) is 0 Å². The molecule has 0 radical (unpaired) electrons. The Morgan fingerprint density at radius 1 is 1.26 bits per heavy atom. The van der Waals surface area contributed by atoms with Crippen molar-refractivity contribution in [3.63, 3.8) is 0 Å². The molecule has 1 saturated heterocycles. The zero-order valence-corrected chi connectivity index (χ0v) is 11.9. The Balaban J connectivity index is 0.00000133. The molecule has 2 aromatic rings. The van der Waals surface area contributed by atoms with Crippen molar-refractivity contribution < 1.29 is 4.42 Å². The van der Waals surface area contributed by atoms with Crippen molar-refractivity contribution in [3.05, 3.63) is 36.1 Å². The number of nitrogens with two attached hydrogens (primary N) is 1. The van der Waals surface area contributed by atoms with Crippen molar-refractivity contribution in [2.45, 2.75) is 31.8 Å². The minimum absolute atomic E-state index is 0. The summed E-state index contributed by atoms with van der Waals surface area (Å²) in [4.78, 5) is 2.50. The van der Waals surface area contributed by atoms with Gasteiger partial charge in [-0.25, -0.2) is 0 Å². The molecule has 19 heavy (non-hydrogen) atoms. The van der Waals surface area contributed by atoms with Crippen LogP contribution in [-0.4, -0.2) is 24.0 Å². The molecule has 104 valence electrons. The number of nitrogens with zero attached hydrogens (tertiary/aromatic N) is 1. The van der Waals surface area contributed by atoms with E-state index in [0.717, 1.165) is 25.2 Å². The van der Waals surface area contributed by atoms with E-state index >= 15 is 0 Å². The lowest BCUT2D eigenvalue weighted by Gasteiger charge is -2.34. The first-order chi connectivity index (χ1) is 8.88. The molecular formula is C15H21ClN2O. The molecule has 1 unspecified atom stereocenters. The van der Waals surface area contributed by atoms with Crippen LogP contribution in [-0.2, 0) is 6.54 Å². The van der Waals surface area contributed by atoms with E-state index in [1.807, 2.05) is 18.4 Å². The SMILES string of the molecule is Cl.NCC1CCCCN1Cc1coc2ccccc12. The second-order valence-corrected chi connectivity index (χ2v) is 5.11. The van der Waals surface area contributed by atoms with Gasteiger partial charge in [-0.3, -0.25) is 4.90 Å². The smallest absolute Gasteiger partial charge is 0.134 e. The summed E-state index contributed by atoms with van der Waals surface area (Å²) in [5.74, 6) is 0. The van der Waals surface area contributed by atoms with Crippen molar-refractivity contribution >= 4 is 23.4 Å². The Kier molecular flexibility index (Phi) is 4.86. The molecule has 0 bridgehead atoms. The van der Waals surface area contributed by atoms with Gasteiger partial charge in [0.05, 0.1) is 6.26 Å². The van der Waals surface area contributed by atoms with Crippen LogP contribution in [0.2, 0.25) is 0 Å². The largest absolute Gasteiger partial charge is 0.464 e. The number of likely N-dealkylation sites (tertiary alicyclic amines) is 1. The highest BCUT2D eigenvalue weighted by molar-refractivity contribution is 5.85. The van der Waals surface area contributed by atoms with E-state index in [1.165, 1.54) is 30.2 Å². The van der Waals surface area contributed by atoms with E-state index in [0.29, 0.717) is 6.04 Å². The van der Waals surface area contributed by atoms with Gasteiger partial charge in [0.15, 0.2) is 0 Å². The van der Waals surface area contributed by atoms with Crippen molar-refractivity contribution in [3.8, 4) is 0 Å². The van der Waals surface area contributed by atoms with Gasteiger partial charge in [-0.1, -0.05) is 24.6 Å². The third kappa shape index (κ3) is 2.94. The third-order valence-electron chi connectivity index (χ3n) is 3.96. The fourth-order valence-electron chi connectivity index (χ4n) is 2.91. The fraction of sp³-hybridized carbons (Fsp3) is 0.467. The van der Waals surface area contributed by atoms with E-state index in [-0.39, 0.29) is 12.4 Å². The zero-order chi connectivity index (χ0) is 12.4. The lowest BCUT2D eigenvalue weighted by molar-refractivity contribution is 0.145. The molecule has 1 aromatic heterocycles. The number of hydrogen-bond donors (Lipinski definition) is 1. The molecule has 0 saturated carbocycles. The van der Waals surface area contributed by atoms with E-state index in [4.69, 9.17) is 10.2 Å². The normalized spacial score (nSPS) is 20.4. The summed E-state index contributed by atoms with van der Waals surface area (Å²) in [5, 5.41) is 1.24. The maximum atomic E-state index is 5.87. The summed E-state index contributed by atoms with van der Waals surface area (Å²) in [6.45, 7) is 2.87. The molecule has 0 amide bonds. The molecule has 3 nitrogen and oxygen atoms in total. The molecule has 1 fully saturated rings. The van der Waals surface area contributed by atoms with Gasteiger partial charge in [0.1, 0.15) is 5.58 Å². The minimum Gasteiger partial charge on any atom is -0.464 e. The Hall–Kier alpha value is -1.03. The fourth-order valence-corrected chi connectivity index (χ4v) is 2.91. The van der Waals surface area contributed by atoms with Crippen LogP contribution in [0.15, 0.2) is 34.9 Å². The molecule has 1 aromatic carbocycles. The lowest BCUT2D eigenvalue weighted by atomic mass is 10.0. The number of piperidine rings is 1. The monoisotopic (exact) mass is 280 g/mol. The van der Waals surface area contributed by atoms with E-state index in [2.05, 4.69) is 17.0 Å². The van der Waals surface area contributed by atoms with E-state index in [9.17, 15) is 0 Å². The Morgan fingerprint density at radius 2 is 2.11 bits per heavy atom. The van der Waals surface area contributed by atoms with Crippen LogP contribution in [0.5, 0.6) is 0 Å². The summed E-state index contributed by atoms with van der Waals surface area (Å²) in [6.07, 6.45) is 5.72. The number of hydrogen-bond acceptors (Lipinski definition) is 3. The second kappa shape index (κ2) is 6.42. The van der Waals surface area contributed by atoms with Crippen molar-refractivity contribution in [1.82, 2.24) is 4.90 Å². The second-order valence-electron chi connectivity index (χ2n) is 5.11. The lowest BCUT2D eigenvalue weighted by Crippen LogP contribution is -2.43. The maximum Gasteiger partial charge on any atom is 0.134 e. The van der Waals surface area contributed by atoms with Crippen LogP contribution >= 0.6 is 12.4 Å². The number of rotatable bonds is 3. The topological polar surface area (TPSA) is 42.4 Å². The van der Waals surface area contributed by atoms with E-state index < -0.39 is 0 Å². The van der Waals surface area contributed by atoms with Gasteiger partial charge < -0.3 is 10.2 Å². The highest BCUT2D eigenvalue weighted by Crippen LogP contribution is 2.25. The average Bonchev–Trinajstić information content (AvgIpc) is 2.83. The third-order valence-corrected chi connectivity index (χ3v) is 3.96. The number of para-hydroxylation sites is 1. The number of furan rings is 1. The van der Waals surface area contributed by atoms with Gasteiger partial charge in [0, 0.05) is 30.1 Å². The van der Waals surface area contributed by atoms with Gasteiger partial charge in [-0.2, -0.15) is 0 Å². The van der Waals surface area contributed by atoms with Crippen LogP contribution in [0.4, 0.5) is 0 Å². The summed E-state index contributed by atoms with van der Waals surface area (Å²) in [5.41, 5.74) is 8.13. The van der Waals surface area contributed by atoms with Gasteiger partial charge in [-0.05, 0) is 25.5 Å². The molecule has 3 rings (SSSR count).